The SMILES string of the molecule is CC1=CCC=C(C(F)F)C=C1. The van der Waals surface area contributed by atoms with Gasteiger partial charge in [0.15, 0.2) is 0 Å². The fraction of sp³-hybridized carbons (Fsp3) is 0.333. The van der Waals surface area contributed by atoms with Crippen LogP contribution in [-0.4, -0.2) is 6.43 Å². The van der Waals surface area contributed by atoms with E-state index in [0.29, 0.717) is 6.42 Å². The zero-order valence-electron chi connectivity index (χ0n) is 6.35. The predicted molar refractivity (Wildman–Crippen MR) is 41.6 cm³/mol. The molecule has 0 bridgehead atoms. The Balaban J connectivity index is 2.74. The Labute approximate surface area is 64.9 Å². The van der Waals surface area contributed by atoms with Crippen molar-refractivity contribution < 1.29 is 8.78 Å². The van der Waals surface area contributed by atoms with Gasteiger partial charge >= 0.3 is 0 Å². The average Bonchev–Trinajstić information content (AvgIpc) is 2.13. The third kappa shape index (κ3) is 2.30. The molecule has 0 saturated carbocycles. The Bertz CT molecular complexity index is 222. The van der Waals surface area contributed by atoms with Gasteiger partial charge in [-0.05, 0) is 13.3 Å². The average molecular weight is 156 g/mol. The highest BCUT2D eigenvalue weighted by atomic mass is 19.3. The van der Waals surface area contributed by atoms with Gasteiger partial charge in [-0.2, -0.15) is 0 Å². The van der Waals surface area contributed by atoms with E-state index in [4.69, 9.17) is 0 Å². The first-order valence-corrected chi connectivity index (χ1v) is 3.53. The van der Waals surface area contributed by atoms with Crippen LogP contribution in [0.3, 0.4) is 0 Å². The molecule has 2 heteroatoms. The van der Waals surface area contributed by atoms with Gasteiger partial charge in [0.2, 0.25) is 0 Å². The molecular formula is C9H10F2. The molecule has 0 aromatic carbocycles. The van der Waals surface area contributed by atoms with Gasteiger partial charge in [-0.1, -0.05) is 29.9 Å². The molecule has 0 saturated heterocycles. The summed E-state index contributed by atoms with van der Waals surface area (Å²) in [6.07, 6.45) is 4.93. The molecule has 0 spiro atoms. The quantitative estimate of drug-likeness (QED) is 0.547. The topological polar surface area (TPSA) is 0 Å². The van der Waals surface area contributed by atoms with E-state index >= 15 is 0 Å². The number of hydrogen-bond acceptors (Lipinski definition) is 0. The van der Waals surface area contributed by atoms with Crippen molar-refractivity contribution in [2.24, 2.45) is 0 Å². The van der Waals surface area contributed by atoms with Crippen molar-refractivity contribution in [1.29, 1.82) is 0 Å². The van der Waals surface area contributed by atoms with Crippen LogP contribution in [0.1, 0.15) is 13.3 Å². The first-order chi connectivity index (χ1) is 5.20. The molecule has 0 aliphatic heterocycles. The van der Waals surface area contributed by atoms with Crippen molar-refractivity contribution in [2.45, 2.75) is 19.8 Å². The van der Waals surface area contributed by atoms with E-state index < -0.39 is 6.43 Å². The third-order valence-electron chi connectivity index (χ3n) is 1.58. The smallest absolute Gasteiger partial charge is 0.205 e. The molecule has 0 nitrogen and oxygen atoms in total. The number of hydrogen-bond donors (Lipinski definition) is 0. The van der Waals surface area contributed by atoms with Gasteiger partial charge in [-0.15, -0.1) is 0 Å². The van der Waals surface area contributed by atoms with Crippen molar-refractivity contribution in [3.05, 3.63) is 35.5 Å². The zero-order chi connectivity index (χ0) is 8.27. The minimum Gasteiger partial charge on any atom is -0.205 e. The molecule has 1 rings (SSSR count). The van der Waals surface area contributed by atoms with Crippen molar-refractivity contribution in [2.75, 3.05) is 0 Å². The van der Waals surface area contributed by atoms with Crippen molar-refractivity contribution in [1.82, 2.24) is 0 Å². The summed E-state index contributed by atoms with van der Waals surface area (Å²) in [6, 6.07) is 0. The van der Waals surface area contributed by atoms with Crippen molar-refractivity contribution >= 4 is 0 Å². The molecule has 0 fully saturated rings. The van der Waals surface area contributed by atoms with Crippen LogP contribution in [0.25, 0.3) is 0 Å². The van der Waals surface area contributed by atoms with Crippen LogP contribution in [0, 0.1) is 0 Å². The second-order valence-electron chi connectivity index (χ2n) is 2.52. The van der Waals surface area contributed by atoms with E-state index in [-0.39, 0.29) is 5.57 Å². The molecule has 0 N–H and O–H groups in total. The van der Waals surface area contributed by atoms with Crippen LogP contribution in [-0.2, 0) is 0 Å². The normalized spacial score (nSPS) is 17.8. The minimum absolute atomic E-state index is 0.123. The molecule has 11 heavy (non-hydrogen) atoms. The molecule has 1 aliphatic carbocycles. The number of rotatable bonds is 1. The molecular weight excluding hydrogens is 146 g/mol. The number of alkyl halides is 2. The van der Waals surface area contributed by atoms with E-state index in [9.17, 15) is 8.78 Å². The highest BCUT2D eigenvalue weighted by Gasteiger charge is 2.07. The lowest BCUT2D eigenvalue weighted by Gasteiger charge is -1.96. The molecule has 0 aromatic heterocycles. The lowest BCUT2D eigenvalue weighted by Crippen LogP contribution is -1.92. The summed E-state index contributed by atoms with van der Waals surface area (Å²) in [5.74, 6) is 0. The van der Waals surface area contributed by atoms with Crippen molar-refractivity contribution in [3.8, 4) is 0 Å². The van der Waals surface area contributed by atoms with Gasteiger partial charge in [0.25, 0.3) is 6.43 Å². The summed E-state index contributed by atoms with van der Waals surface area (Å²) >= 11 is 0. The van der Waals surface area contributed by atoms with E-state index in [1.54, 1.807) is 12.2 Å². The van der Waals surface area contributed by atoms with E-state index in [1.807, 2.05) is 13.0 Å². The summed E-state index contributed by atoms with van der Waals surface area (Å²) in [7, 11) is 0. The molecule has 0 amide bonds. The number of halogens is 2. The Morgan fingerprint density at radius 1 is 1.27 bits per heavy atom. The second kappa shape index (κ2) is 3.46. The molecule has 0 radical (unpaired) electrons. The van der Waals surface area contributed by atoms with E-state index in [0.717, 1.165) is 5.57 Å². The first-order valence-electron chi connectivity index (χ1n) is 3.53. The highest BCUT2D eigenvalue weighted by Crippen LogP contribution is 2.15. The van der Waals surface area contributed by atoms with E-state index in [2.05, 4.69) is 0 Å². The Kier molecular flexibility index (Phi) is 2.58. The molecule has 60 valence electrons. The van der Waals surface area contributed by atoms with Crippen LogP contribution in [0.15, 0.2) is 35.5 Å². The van der Waals surface area contributed by atoms with Gasteiger partial charge in [0.1, 0.15) is 0 Å². The van der Waals surface area contributed by atoms with Gasteiger partial charge in [-0.25, -0.2) is 8.78 Å². The summed E-state index contributed by atoms with van der Waals surface area (Å²) in [4.78, 5) is 0. The number of allylic oxidation sites excluding steroid dienone is 6. The lowest BCUT2D eigenvalue weighted by atomic mass is 10.2. The lowest BCUT2D eigenvalue weighted by molar-refractivity contribution is 0.194. The molecule has 0 atom stereocenters. The Morgan fingerprint density at radius 2 is 2.00 bits per heavy atom. The van der Waals surface area contributed by atoms with Crippen molar-refractivity contribution in [3.63, 3.8) is 0 Å². The molecule has 0 heterocycles. The summed E-state index contributed by atoms with van der Waals surface area (Å²) < 4.78 is 24.2. The van der Waals surface area contributed by atoms with Gasteiger partial charge in [0.05, 0.1) is 0 Å². The Morgan fingerprint density at radius 3 is 2.64 bits per heavy atom. The molecule has 1 aliphatic rings. The van der Waals surface area contributed by atoms with Gasteiger partial charge in [-0.3, -0.25) is 0 Å². The fourth-order valence-corrected chi connectivity index (χ4v) is 0.906. The maximum atomic E-state index is 12.1. The largest absolute Gasteiger partial charge is 0.263 e. The van der Waals surface area contributed by atoms with Crippen LogP contribution < -0.4 is 0 Å². The van der Waals surface area contributed by atoms with Gasteiger partial charge < -0.3 is 0 Å². The van der Waals surface area contributed by atoms with Crippen LogP contribution in [0.5, 0.6) is 0 Å². The minimum atomic E-state index is -2.34. The molecule has 0 aromatic rings. The maximum absolute atomic E-state index is 12.1. The summed E-state index contributed by atoms with van der Waals surface area (Å²) in [6.45, 7) is 1.90. The standard InChI is InChI=1S/C9H10F2/c1-7-3-2-4-8(6-5-7)9(10)11/h3-6,9H,2H2,1H3. The summed E-state index contributed by atoms with van der Waals surface area (Å²) in [5, 5.41) is 0. The van der Waals surface area contributed by atoms with Gasteiger partial charge in [0, 0.05) is 5.57 Å². The Hall–Kier alpha value is -0.920. The van der Waals surface area contributed by atoms with Crippen LogP contribution >= 0.6 is 0 Å². The fourth-order valence-electron chi connectivity index (χ4n) is 0.906. The maximum Gasteiger partial charge on any atom is 0.263 e. The predicted octanol–water partition coefficient (Wildman–Crippen LogP) is 3.08. The summed E-state index contributed by atoms with van der Waals surface area (Å²) in [5.41, 5.74) is 1.16. The monoisotopic (exact) mass is 156 g/mol. The van der Waals surface area contributed by atoms with Crippen LogP contribution in [0.4, 0.5) is 8.78 Å². The van der Waals surface area contributed by atoms with Crippen LogP contribution in [0.2, 0.25) is 0 Å². The zero-order valence-corrected chi connectivity index (χ0v) is 6.35. The first kappa shape index (κ1) is 8.18. The second-order valence-corrected chi connectivity index (χ2v) is 2.52. The molecule has 0 unspecified atom stereocenters. The van der Waals surface area contributed by atoms with E-state index in [1.165, 1.54) is 6.08 Å². The highest BCUT2D eigenvalue weighted by molar-refractivity contribution is 5.32. The third-order valence-corrected chi connectivity index (χ3v) is 1.58.